The van der Waals surface area contributed by atoms with Crippen molar-refractivity contribution in [3.63, 3.8) is 0 Å². The molecule has 174 valence electrons. The zero-order valence-corrected chi connectivity index (χ0v) is 19.4. The average Bonchev–Trinajstić information content (AvgIpc) is 3.50. The molecule has 0 saturated carbocycles. The van der Waals surface area contributed by atoms with Crippen LogP contribution in [-0.4, -0.2) is 41.2 Å². The molecule has 0 spiro atoms. The van der Waals surface area contributed by atoms with Crippen molar-refractivity contribution in [3.8, 4) is 16.2 Å². The normalized spacial score (nSPS) is 10.6. The summed E-state index contributed by atoms with van der Waals surface area (Å²) in [5, 5.41) is 8.72. The highest BCUT2D eigenvalue weighted by Crippen LogP contribution is 2.33. The van der Waals surface area contributed by atoms with Crippen LogP contribution in [0.25, 0.3) is 20.7 Å². The van der Waals surface area contributed by atoms with Crippen LogP contribution in [0.4, 0.5) is 10.5 Å². The predicted molar refractivity (Wildman–Crippen MR) is 128 cm³/mol. The molecule has 12 heteroatoms. The number of amides is 3. The molecular formula is C22H18N4O6S2. The van der Waals surface area contributed by atoms with Gasteiger partial charge in [-0.05, 0) is 35.7 Å². The molecule has 4 aromatic rings. The largest absolute Gasteiger partial charge is 0.497 e. The second-order valence-electron chi connectivity index (χ2n) is 6.88. The fourth-order valence-electron chi connectivity index (χ4n) is 3.02. The molecule has 4 rings (SSSR count). The molecule has 0 atom stereocenters. The van der Waals surface area contributed by atoms with E-state index in [9.17, 15) is 19.2 Å². The Kier molecular flexibility index (Phi) is 6.99. The van der Waals surface area contributed by atoms with Crippen LogP contribution in [0.15, 0.2) is 58.3 Å². The summed E-state index contributed by atoms with van der Waals surface area (Å²) in [6, 6.07) is 9.50. The van der Waals surface area contributed by atoms with Crippen molar-refractivity contribution in [1.82, 2.24) is 14.9 Å². The number of nitrogens with one attached hydrogen (secondary N) is 2. The minimum absolute atomic E-state index is 0.380. The van der Waals surface area contributed by atoms with Crippen LogP contribution in [0.1, 0.15) is 0 Å². The summed E-state index contributed by atoms with van der Waals surface area (Å²) in [6.45, 7) is -1.11. The smallest absolute Gasteiger partial charge is 0.326 e. The Morgan fingerprint density at radius 1 is 1.12 bits per heavy atom. The quantitative estimate of drug-likeness (QED) is 0.375. The molecule has 0 aliphatic rings. The fourth-order valence-corrected chi connectivity index (χ4v) is 4.74. The Hall–Kier alpha value is -4.03. The van der Waals surface area contributed by atoms with E-state index in [1.54, 1.807) is 24.3 Å². The molecule has 3 aromatic heterocycles. The fraction of sp³-hybridized carbons (Fsp3) is 0.136. The van der Waals surface area contributed by atoms with E-state index in [0.29, 0.717) is 21.7 Å². The summed E-state index contributed by atoms with van der Waals surface area (Å²) < 4.78 is 11.1. The molecular weight excluding hydrogens is 480 g/mol. The number of methoxy groups -OCH3 is 1. The minimum Gasteiger partial charge on any atom is -0.497 e. The van der Waals surface area contributed by atoms with Gasteiger partial charge in [-0.3, -0.25) is 24.3 Å². The Bertz CT molecular complexity index is 1390. The number of anilines is 1. The second kappa shape index (κ2) is 10.3. The van der Waals surface area contributed by atoms with Gasteiger partial charge in [-0.1, -0.05) is 6.07 Å². The highest BCUT2D eigenvalue weighted by atomic mass is 32.1. The number of hydrogen-bond acceptors (Lipinski definition) is 9. The van der Waals surface area contributed by atoms with Gasteiger partial charge >= 0.3 is 12.0 Å². The predicted octanol–water partition coefficient (Wildman–Crippen LogP) is 3.09. The van der Waals surface area contributed by atoms with Crippen LogP contribution in [-0.2, 0) is 20.9 Å². The Morgan fingerprint density at radius 2 is 1.91 bits per heavy atom. The van der Waals surface area contributed by atoms with E-state index in [2.05, 4.69) is 15.6 Å². The first-order chi connectivity index (χ1) is 16.4. The van der Waals surface area contributed by atoms with E-state index in [1.165, 1.54) is 36.1 Å². The summed E-state index contributed by atoms with van der Waals surface area (Å²) in [4.78, 5) is 54.7. The van der Waals surface area contributed by atoms with Crippen LogP contribution in [0.5, 0.6) is 5.75 Å². The number of esters is 1. The number of fused-ring (bicyclic) bond motifs is 1. The van der Waals surface area contributed by atoms with Gasteiger partial charge in [0.15, 0.2) is 6.61 Å². The van der Waals surface area contributed by atoms with E-state index >= 15 is 0 Å². The second-order valence-corrected chi connectivity index (χ2v) is 8.68. The summed E-state index contributed by atoms with van der Waals surface area (Å²) in [7, 11) is 1.52. The molecule has 3 amide bonds. The number of nitrogens with zero attached hydrogens (tertiary/aromatic N) is 2. The van der Waals surface area contributed by atoms with Crippen LogP contribution < -0.4 is 20.9 Å². The molecule has 0 aliphatic carbocycles. The first-order valence-corrected chi connectivity index (χ1v) is 11.6. The molecule has 2 N–H and O–H groups in total. The summed E-state index contributed by atoms with van der Waals surface area (Å²) in [5.74, 6) is -1.02. The van der Waals surface area contributed by atoms with Gasteiger partial charge in [-0.2, -0.15) is 0 Å². The lowest BCUT2D eigenvalue weighted by Gasteiger charge is -2.09. The maximum atomic E-state index is 12.9. The van der Waals surface area contributed by atoms with Gasteiger partial charge in [0.05, 0.1) is 18.8 Å². The zero-order chi connectivity index (χ0) is 24.1. The van der Waals surface area contributed by atoms with Gasteiger partial charge in [0.2, 0.25) is 0 Å². The summed E-state index contributed by atoms with van der Waals surface area (Å²) in [6.07, 6.45) is 1.27. The van der Waals surface area contributed by atoms with E-state index in [0.717, 1.165) is 15.0 Å². The number of hydrogen-bond donors (Lipinski definition) is 2. The monoisotopic (exact) mass is 498 g/mol. The minimum atomic E-state index is -0.821. The Labute approximate surface area is 200 Å². The highest BCUT2D eigenvalue weighted by Gasteiger charge is 2.17. The van der Waals surface area contributed by atoms with E-state index in [1.807, 2.05) is 22.9 Å². The lowest BCUT2D eigenvalue weighted by atomic mass is 10.2. The number of urea groups is 1. The number of ether oxygens (including phenoxy) is 2. The van der Waals surface area contributed by atoms with Gasteiger partial charge < -0.3 is 14.8 Å². The van der Waals surface area contributed by atoms with Gasteiger partial charge in [-0.15, -0.1) is 22.7 Å². The Morgan fingerprint density at radius 3 is 2.62 bits per heavy atom. The number of benzene rings is 1. The van der Waals surface area contributed by atoms with E-state index in [-0.39, 0.29) is 5.56 Å². The van der Waals surface area contributed by atoms with Crippen molar-refractivity contribution in [1.29, 1.82) is 0 Å². The van der Waals surface area contributed by atoms with Gasteiger partial charge in [0, 0.05) is 21.5 Å². The number of rotatable bonds is 7. The third-order valence-corrected chi connectivity index (χ3v) is 6.40. The van der Waals surface area contributed by atoms with Crippen LogP contribution in [0.3, 0.4) is 0 Å². The van der Waals surface area contributed by atoms with E-state index in [4.69, 9.17) is 9.47 Å². The molecule has 0 fully saturated rings. The molecule has 0 bridgehead atoms. The number of imide groups is 1. The van der Waals surface area contributed by atoms with Crippen molar-refractivity contribution >= 4 is 56.5 Å². The average molecular weight is 499 g/mol. The lowest BCUT2D eigenvalue weighted by Crippen LogP contribution is -2.37. The third kappa shape index (κ3) is 5.30. The van der Waals surface area contributed by atoms with Gasteiger partial charge in [0.25, 0.3) is 11.5 Å². The molecule has 34 heavy (non-hydrogen) atoms. The van der Waals surface area contributed by atoms with E-state index < -0.39 is 31.1 Å². The molecule has 3 heterocycles. The lowest BCUT2D eigenvalue weighted by molar-refractivity contribution is -0.148. The molecule has 1 aromatic carbocycles. The van der Waals surface area contributed by atoms with Crippen LogP contribution in [0, 0.1) is 0 Å². The van der Waals surface area contributed by atoms with Crippen molar-refractivity contribution in [2.24, 2.45) is 0 Å². The molecule has 10 nitrogen and oxygen atoms in total. The molecule has 0 aliphatic heterocycles. The van der Waals surface area contributed by atoms with Crippen molar-refractivity contribution in [2.45, 2.75) is 6.54 Å². The number of aromatic nitrogens is 2. The first kappa shape index (κ1) is 23.1. The molecule has 0 unspecified atom stereocenters. The standard InChI is InChI=1S/C22H18N4O6S2/c1-31-14-6-4-13(5-7-14)24-22(30)25-17(27)10-32-18(28)9-26-12-23-20-19(21(26)29)15(11-34-20)16-3-2-8-33-16/h2-8,11-12H,9-10H2,1H3,(H2,24,25,27,30). The van der Waals surface area contributed by atoms with Crippen molar-refractivity contribution in [2.75, 3.05) is 19.0 Å². The topological polar surface area (TPSA) is 129 Å². The zero-order valence-electron chi connectivity index (χ0n) is 17.8. The third-order valence-electron chi connectivity index (χ3n) is 4.61. The van der Waals surface area contributed by atoms with Crippen LogP contribution in [0.2, 0.25) is 0 Å². The first-order valence-electron chi connectivity index (χ1n) is 9.85. The summed E-state index contributed by atoms with van der Waals surface area (Å²) >= 11 is 2.84. The Balaban J connectivity index is 1.32. The van der Waals surface area contributed by atoms with Gasteiger partial charge in [-0.25, -0.2) is 9.78 Å². The molecule has 0 radical (unpaired) electrons. The maximum Gasteiger partial charge on any atom is 0.326 e. The molecule has 0 saturated heterocycles. The van der Waals surface area contributed by atoms with Crippen molar-refractivity contribution < 1.29 is 23.9 Å². The summed E-state index contributed by atoms with van der Waals surface area (Å²) in [5.41, 5.74) is 0.827. The number of thiophene rings is 2. The maximum absolute atomic E-state index is 12.9. The number of carbonyl (C=O) groups is 3. The van der Waals surface area contributed by atoms with Crippen LogP contribution >= 0.6 is 22.7 Å². The SMILES string of the molecule is COc1ccc(NC(=O)NC(=O)COC(=O)Cn2cnc3scc(-c4cccs4)c3c2=O)cc1. The van der Waals surface area contributed by atoms with Crippen molar-refractivity contribution in [3.05, 3.63) is 63.8 Å². The van der Waals surface area contributed by atoms with Gasteiger partial charge in [0.1, 0.15) is 17.1 Å². The number of carbonyl (C=O) groups excluding carboxylic acids is 3. The highest BCUT2D eigenvalue weighted by molar-refractivity contribution is 7.18.